The molecular weight excluding hydrogens is 621 g/mol. The van der Waals surface area contributed by atoms with Gasteiger partial charge in [-0.3, -0.25) is 19.2 Å². The molecule has 2 aromatic rings. The molecule has 0 radical (unpaired) electrons. The van der Waals surface area contributed by atoms with E-state index in [1.807, 2.05) is 13.8 Å². The van der Waals surface area contributed by atoms with Crippen LogP contribution >= 0.6 is 22.7 Å². The zero-order valence-electron chi connectivity index (χ0n) is 26.3. The van der Waals surface area contributed by atoms with Gasteiger partial charge < -0.3 is 4.74 Å². The van der Waals surface area contributed by atoms with Crippen molar-refractivity contribution in [3.8, 4) is 15.6 Å². The number of ether oxygens (including phenoxy) is 1. The molecule has 0 N–H and O–H groups in total. The predicted molar refractivity (Wildman–Crippen MR) is 174 cm³/mol. The summed E-state index contributed by atoms with van der Waals surface area (Å²) >= 11 is 2.58. The molecule has 2 aromatic heterocycles. The smallest absolute Gasteiger partial charge is 0.236 e. The summed E-state index contributed by atoms with van der Waals surface area (Å²) in [7, 11) is 0. The van der Waals surface area contributed by atoms with Crippen LogP contribution < -0.4 is 4.74 Å². The van der Waals surface area contributed by atoms with Crippen molar-refractivity contribution in [2.75, 3.05) is 0 Å². The Bertz CT molecular complexity index is 1700. The summed E-state index contributed by atoms with van der Waals surface area (Å²) in [4.78, 5) is 74.1. The van der Waals surface area contributed by atoms with E-state index in [9.17, 15) is 19.2 Å². The van der Waals surface area contributed by atoms with Crippen molar-refractivity contribution in [3.63, 3.8) is 0 Å². The Hall–Kier alpha value is -2.92. The van der Waals surface area contributed by atoms with Gasteiger partial charge in [0.05, 0.1) is 4.88 Å². The Morgan fingerprint density at radius 2 is 1.00 bits per heavy atom. The number of aromatic nitrogens is 2. The minimum atomic E-state index is -0.840. The molecule has 1 aliphatic heterocycles. The van der Waals surface area contributed by atoms with Gasteiger partial charge in [0.25, 0.3) is 0 Å². The van der Waals surface area contributed by atoms with Gasteiger partial charge in [-0.15, -0.1) is 0 Å². The molecule has 6 aliphatic carbocycles. The molecule has 3 heterocycles. The summed E-state index contributed by atoms with van der Waals surface area (Å²) in [5.74, 6) is 1.06. The number of hydrogen-bond acceptors (Lipinski definition) is 11. The van der Waals surface area contributed by atoms with Crippen LogP contribution in [-0.4, -0.2) is 44.5 Å². The maximum atomic E-state index is 13.5. The lowest BCUT2D eigenvalue weighted by molar-refractivity contribution is -0.123. The van der Waals surface area contributed by atoms with E-state index < -0.39 is 5.60 Å². The summed E-state index contributed by atoms with van der Waals surface area (Å²) in [6.45, 7) is 3.79. The number of nitrogens with zero attached hydrogens (tertiary/aromatic N) is 4. The number of thiazole rings is 2. The number of hydrogen-bond donors (Lipinski definition) is 0. The zero-order valence-corrected chi connectivity index (χ0v) is 27.9. The number of fused-ring (bicyclic) bond motifs is 7. The summed E-state index contributed by atoms with van der Waals surface area (Å²) in [5.41, 5.74) is -0.0899. The first-order valence-electron chi connectivity index (χ1n) is 17.2. The van der Waals surface area contributed by atoms with Gasteiger partial charge in [0, 0.05) is 23.7 Å². The van der Waals surface area contributed by atoms with E-state index in [2.05, 4.69) is 15.0 Å². The number of rotatable bonds is 2. The summed E-state index contributed by atoms with van der Waals surface area (Å²) < 4.78 is 6.28. The van der Waals surface area contributed by atoms with Gasteiger partial charge in [-0.1, -0.05) is 74.0 Å². The van der Waals surface area contributed by atoms with Gasteiger partial charge in [-0.2, -0.15) is 4.98 Å². The van der Waals surface area contributed by atoms with E-state index in [1.165, 1.54) is 48.4 Å². The predicted octanol–water partition coefficient (Wildman–Crippen LogP) is 7.01. The average Bonchev–Trinajstić information content (AvgIpc) is 3.77. The van der Waals surface area contributed by atoms with Crippen molar-refractivity contribution >= 4 is 67.5 Å². The number of Topliss-reactive ketones (excluding diaryl/α,β-unsaturated/α-hetero) is 4. The summed E-state index contributed by atoms with van der Waals surface area (Å²) in [6.07, 6.45) is 12.7. The highest BCUT2D eigenvalue weighted by Gasteiger charge is 2.54. The van der Waals surface area contributed by atoms with Crippen molar-refractivity contribution in [2.45, 2.75) is 96.5 Å². The fraction of sp³-hybridized carbons (Fsp3) is 0.657. The van der Waals surface area contributed by atoms with Crippen molar-refractivity contribution in [3.05, 3.63) is 5.69 Å². The van der Waals surface area contributed by atoms with Crippen molar-refractivity contribution < 1.29 is 23.9 Å². The highest BCUT2D eigenvalue weighted by molar-refractivity contribution is 7.25. The van der Waals surface area contributed by atoms with Crippen LogP contribution in [0.25, 0.3) is 9.75 Å². The topological polar surface area (TPSA) is 128 Å². The highest BCUT2D eigenvalue weighted by Crippen LogP contribution is 2.54. The van der Waals surface area contributed by atoms with Gasteiger partial charge in [-0.05, 0) is 63.2 Å². The minimum absolute atomic E-state index is 0.0372. The lowest BCUT2D eigenvalue weighted by Gasteiger charge is -2.39. The first-order valence-corrected chi connectivity index (χ1v) is 18.9. The molecule has 6 saturated carbocycles. The SMILES string of the molecule is CC1(C)Oc2nc(N=C3C(=O)C4CC5CCCCC5CC4C3=O)sc2-c2sc(N=C3C(=O)C4CC5CCCCC5CC4C3=O)nc21. The Balaban J connectivity index is 1.01. The molecule has 9 nitrogen and oxygen atoms in total. The molecule has 0 bridgehead atoms. The molecule has 8 unspecified atom stereocenters. The molecule has 6 fully saturated rings. The van der Waals surface area contributed by atoms with Crippen LogP contribution in [0.2, 0.25) is 0 Å². The van der Waals surface area contributed by atoms with Gasteiger partial charge in [0.1, 0.15) is 16.2 Å². The Kier molecular flexibility index (Phi) is 6.70. The molecular formula is C35H38N4O5S2. The Morgan fingerprint density at radius 3 is 1.43 bits per heavy atom. The Morgan fingerprint density at radius 1 is 0.609 bits per heavy atom. The van der Waals surface area contributed by atoms with E-state index in [1.54, 1.807) is 0 Å². The van der Waals surface area contributed by atoms with Crippen LogP contribution in [0.15, 0.2) is 9.98 Å². The normalized spacial score (nSPS) is 35.9. The molecule has 240 valence electrons. The van der Waals surface area contributed by atoms with Gasteiger partial charge >= 0.3 is 0 Å². The Labute approximate surface area is 275 Å². The molecule has 0 saturated heterocycles. The van der Waals surface area contributed by atoms with E-state index in [0.717, 1.165) is 56.2 Å². The van der Waals surface area contributed by atoms with Crippen molar-refractivity contribution in [1.29, 1.82) is 0 Å². The average molecular weight is 659 g/mol. The second-order valence-corrected chi connectivity index (χ2v) is 17.2. The fourth-order valence-corrected chi connectivity index (χ4v) is 12.1. The van der Waals surface area contributed by atoms with E-state index in [-0.39, 0.29) is 58.2 Å². The third-order valence-electron chi connectivity index (χ3n) is 12.4. The molecule has 9 rings (SSSR count). The lowest BCUT2D eigenvalue weighted by atomic mass is 9.64. The fourth-order valence-electron chi connectivity index (χ4n) is 10.1. The quantitative estimate of drug-likeness (QED) is 0.340. The van der Waals surface area contributed by atoms with Crippen LogP contribution in [0, 0.1) is 47.3 Å². The third kappa shape index (κ3) is 4.43. The van der Waals surface area contributed by atoms with Crippen LogP contribution in [-0.2, 0) is 24.8 Å². The number of carbonyl (C=O) groups excluding carboxylic acids is 4. The molecule has 11 heteroatoms. The van der Waals surface area contributed by atoms with E-state index >= 15 is 0 Å². The molecule has 7 aliphatic rings. The van der Waals surface area contributed by atoms with Crippen molar-refractivity contribution in [2.24, 2.45) is 57.3 Å². The number of aliphatic imine (C=N–C) groups is 2. The van der Waals surface area contributed by atoms with Crippen LogP contribution in [0.3, 0.4) is 0 Å². The van der Waals surface area contributed by atoms with Crippen LogP contribution in [0.5, 0.6) is 5.88 Å². The summed E-state index contributed by atoms with van der Waals surface area (Å²) in [6, 6.07) is 0. The zero-order chi connectivity index (χ0) is 31.5. The second-order valence-electron chi connectivity index (χ2n) is 15.3. The molecule has 46 heavy (non-hydrogen) atoms. The minimum Gasteiger partial charge on any atom is -0.464 e. The highest BCUT2D eigenvalue weighted by atomic mass is 32.1. The number of carbonyl (C=O) groups is 4. The monoisotopic (exact) mass is 658 g/mol. The molecule has 0 amide bonds. The first-order chi connectivity index (χ1) is 22.2. The van der Waals surface area contributed by atoms with Gasteiger partial charge in [0.15, 0.2) is 34.6 Å². The maximum absolute atomic E-state index is 13.5. The number of ketones is 4. The molecule has 0 spiro atoms. The van der Waals surface area contributed by atoms with E-state index in [4.69, 9.17) is 9.72 Å². The van der Waals surface area contributed by atoms with Crippen LogP contribution in [0.1, 0.15) is 96.6 Å². The van der Waals surface area contributed by atoms with Crippen LogP contribution in [0.4, 0.5) is 10.3 Å². The van der Waals surface area contributed by atoms with Gasteiger partial charge in [-0.25, -0.2) is 15.0 Å². The van der Waals surface area contributed by atoms with E-state index in [0.29, 0.717) is 50.4 Å². The molecule has 8 atom stereocenters. The molecule has 0 aromatic carbocycles. The first kappa shape index (κ1) is 29.2. The largest absolute Gasteiger partial charge is 0.464 e. The standard InChI is InChI=1S/C35H38N4O5S2/c1-35(2)31-29(45-33(38-31)36-23-25(40)19-11-15-7-3-4-8-16(15)12-20(19)26(23)41)30-32(44-35)39-34(46-30)37-24-27(42)21-13-17-9-5-6-10-18(17)14-22(21)28(24)43/h15-22H,3-14H2,1-2H3. The maximum Gasteiger partial charge on any atom is 0.236 e. The second kappa shape index (κ2) is 10.5. The van der Waals surface area contributed by atoms with Gasteiger partial charge in [0.2, 0.25) is 16.1 Å². The lowest BCUT2D eigenvalue weighted by Crippen LogP contribution is -2.35. The third-order valence-corrected chi connectivity index (χ3v) is 14.4. The summed E-state index contributed by atoms with van der Waals surface area (Å²) in [5, 5.41) is 0.671. The van der Waals surface area contributed by atoms with Crippen molar-refractivity contribution in [1.82, 2.24) is 9.97 Å².